The molecule has 0 aliphatic rings. The van der Waals surface area contributed by atoms with Crippen LogP contribution in [-0.4, -0.2) is 15.6 Å². The molecule has 0 saturated heterocycles. The highest BCUT2D eigenvalue weighted by Gasteiger charge is 2.21. The van der Waals surface area contributed by atoms with Crippen LogP contribution in [0.4, 0.5) is 0 Å². The molecule has 7 aromatic rings. The van der Waals surface area contributed by atoms with Gasteiger partial charge in [-0.15, -0.1) is 34.0 Å². The number of fused-ring (bicyclic) bond motifs is 3. The minimum atomic E-state index is -1.17. The van der Waals surface area contributed by atoms with Crippen molar-refractivity contribution in [3.8, 4) is 41.7 Å². The third-order valence-electron chi connectivity index (χ3n) is 11.4. The van der Waals surface area contributed by atoms with E-state index in [0.717, 1.165) is 55.4 Å². The lowest BCUT2D eigenvalue weighted by Crippen LogP contribution is -1.97. The van der Waals surface area contributed by atoms with Crippen molar-refractivity contribution in [2.45, 2.75) is 117 Å². The number of hydrogen-bond donors (Lipinski definition) is 1. The number of thiophene rings is 3. The number of nitriles is 1. The Kier molecular flexibility index (Phi) is 14.7. The highest BCUT2D eigenvalue weighted by atomic mass is 32.1. The van der Waals surface area contributed by atoms with Crippen molar-refractivity contribution in [2.24, 2.45) is 0 Å². The van der Waals surface area contributed by atoms with Crippen LogP contribution in [0.1, 0.15) is 119 Å². The number of aliphatic carboxylic acids is 1. The average molecular weight is 837 g/mol. The third kappa shape index (κ3) is 9.84. The van der Waals surface area contributed by atoms with E-state index in [4.69, 9.17) is 0 Å². The topological polar surface area (TPSA) is 66.0 Å². The number of hydrogen-bond acceptors (Lipinski definition) is 5. The summed E-state index contributed by atoms with van der Waals surface area (Å²) < 4.78 is 2.38. The Labute approximate surface area is 362 Å². The maximum atomic E-state index is 11.9. The van der Waals surface area contributed by atoms with Crippen LogP contribution in [0.15, 0.2) is 96.6 Å². The van der Waals surface area contributed by atoms with Gasteiger partial charge in [-0.05, 0) is 109 Å². The van der Waals surface area contributed by atoms with Gasteiger partial charge in [-0.2, -0.15) is 5.26 Å². The van der Waals surface area contributed by atoms with Gasteiger partial charge in [0.2, 0.25) is 0 Å². The Hall–Kier alpha value is -4.74. The molecule has 0 amide bonds. The first-order chi connectivity index (χ1) is 28.9. The van der Waals surface area contributed by atoms with Gasteiger partial charge >= 0.3 is 5.97 Å². The van der Waals surface area contributed by atoms with Crippen molar-refractivity contribution in [1.29, 1.82) is 5.26 Å². The third-order valence-corrected chi connectivity index (χ3v) is 15.3. The molecule has 0 atom stereocenters. The smallest absolute Gasteiger partial charge is 0.346 e. The number of benzene rings is 3. The molecule has 1 N–H and O–H groups in total. The monoisotopic (exact) mass is 836 g/mol. The van der Waals surface area contributed by atoms with E-state index in [9.17, 15) is 15.2 Å². The predicted molar refractivity (Wildman–Crippen MR) is 255 cm³/mol. The summed E-state index contributed by atoms with van der Waals surface area (Å²) in [6.45, 7) is 6.76. The fourth-order valence-corrected chi connectivity index (χ4v) is 12.1. The molecular formula is C52H56N2O2S3. The zero-order valence-corrected chi connectivity index (χ0v) is 37.3. The molecule has 4 nitrogen and oxygen atoms in total. The molecular weight excluding hydrogens is 781 g/mol. The second-order valence-corrected chi connectivity index (χ2v) is 18.9. The maximum Gasteiger partial charge on any atom is 0.346 e. The molecule has 4 aromatic heterocycles. The van der Waals surface area contributed by atoms with Crippen molar-refractivity contribution >= 4 is 67.9 Å². The van der Waals surface area contributed by atoms with Gasteiger partial charge in [0.1, 0.15) is 11.6 Å². The molecule has 3 aromatic carbocycles. The van der Waals surface area contributed by atoms with Crippen molar-refractivity contribution in [3.63, 3.8) is 0 Å². The normalized spacial score (nSPS) is 11.9. The molecule has 0 aliphatic heterocycles. The lowest BCUT2D eigenvalue weighted by Gasteiger charge is -2.08. The van der Waals surface area contributed by atoms with Gasteiger partial charge in [-0.3, -0.25) is 0 Å². The molecule has 0 bridgehead atoms. The van der Waals surface area contributed by atoms with Crippen LogP contribution in [0.5, 0.6) is 0 Å². The zero-order valence-electron chi connectivity index (χ0n) is 34.8. The number of para-hydroxylation sites is 2. The van der Waals surface area contributed by atoms with Gasteiger partial charge < -0.3 is 9.67 Å². The van der Waals surface area contributed by atoms with E-state index in [0.29, 0.717) is 0 Å². The first-order valence-corrected chi connectivity index (χ1v) is 24.2. The maximum absolute atomic E-state index is 11.9. The van der Waals surface area contributed by atoms with Gasteiger partial charge in [0.05, 0.1) is 11.0 Å². The van der Waals surface area contributed by atoms with E-state index in [-0.39, 0.29) is 5.57 Å². The minimum absolute atomic E-state index is 0.207. The number of rotatable bonds is 21. The van der Waals surface area contributed by atoms with Gasteiger partial charge in [0.15, 0.2) is 0 Å². The standard InChI is InChI=1S/C52H56N2O2S3/c1-4-7-10-13-20-37-31-48(57-47(37)34-40(35-53)52(55)56)50-39(22-15-12-9-6-3)33-49(59-50)51-38(21-14-11-8-5-2)32-46(58-51)36-27-29-41(30-28-36)54-44-25-18-16-23-42(44)43-24-17-19-26-45(43)54/h16-19,23-34H,4-15,20-22H2,1-3H3,(H,55,56)/b40-34+. The van der Waals surface area contributed by atoms with Crippen LogP contribution < -0.4 is 0 Å². The highest BCUT2D eigenvalue weighted by molar-refractivity contribution is 7.27. The van der Waals surface area contributed by atoms with Crippen LogP contribution in [-0.2, 0) is 24.1 Å². The summed E-state index contributed by atoms with van der Waals surface area (Å²) in [6, 6.07) is 35.7. The molecule has 0 unspecified atom stereocenters. The molecule has 0 fully saturated rings. The number of aromatic nitrogens is 1. The van der Waals surface area contributed by atoms with Crippen LogP contribution in [0.25, 0.3) is 63.5 Å². The molecule has 7 heteroatoms. The van der Waals surface area contributed by atoms with Crippen LogP contribution in [0.3, 0.4) is 0 Å². The number of nitrogens with zero attached hydrogens (tertiary/aromatic N) is 2. The fraction of sp³-hybridized carbons (Fsp3) is 0.346. The Balaban J connectivity index is 1.28. The molecule has 59 heavy (non-hydrogen) atoms. The summed E-state index contributed by atoms with van der Waals surface area (Å²) in [5, 5.41) is 22.0. The summed E-state index contributed by atoms with van der Waals surface area (Å²) in [6.07, 6.45) is 18.8. The van der Waals surface area contributed by atoms with Gasteiger partial charge in [-0.1, -0.05) is 127 Å². The SMILES string of the molecule is CCCCCCc1cc(-c2sc(-c3sc(-c4ccc(-n5c6ccccc6c6ccccc65)cc4)cc3CCCCCC)cc2CCCCCC)sc1/C=C(\C#N)C(=O)O. The van der Waals surface area contributed by atoms with E-state index in [1.165, 1.54) is 120 Å². The molecule has 4 heterocycles. The summed E-state index contributed by atoms with van der Waals surface area (Å²) >= 11 is 5.47. The van der Waals surface area contributed by atoms with Crippen molar-refractivity contribution in [1.82, 2.24) is 4.57 Å². The summed E-state index contributed by atoms with van der Waals surface area (Å²) in [5.41, 5.74) is 8.62. The lowest BCUT2D eigenvalue weighted by molar-refractivity contribution is -0.132. The molecule has 304 valence electrons. The number of unbranched alkanes of at least 4 members (excludes halogenated alkanes) is 9. The van der Waals surface area contributed by atoms with E-state index >= 15 is 0 Å². The van der Waals surface area contributed by atoms with Crippen molar-refractivity contribution in [2.75, 3.05) is 0 Å². The van der Waals surface area contributed by atoms with Crippen molar-refractivity contribution < 1.29 is 9.90 Å². The van der Waals surface area contributed by atoms with Crippen molar-refractivity contribution in [3.05, 3.63) is 118 Å². The van der Waals surface area contributed by atoms with Crippen LogP contribution in [0.2, 0.25) is 0 Å². The molecule has 0 spiro atoms. The van der Waals surface area contributed by atoms with Gasteiger partial charge in [0.25, 0.3) is 0 Å². The Morgan fingerprint density at radius 3 is 1.61 bits per heavy atom. The molecule has 7 rings (SSSR count). The summed E-state index contributed by atoms with van der Waals surface area (Å²) in [7, 11) is 0. The Morgan fingerprint density at radius 2 is 1.08 bits per heavy atom. The second kappa shape index (κ2) is 20.5. The van der Waals surface area contributed by atoms with Crippen LogP contribution >= 0.6 is 34.0 Å². The number of carboxylic acid groups (broad SMARTS) is 1. The summed E-state index contributed by atoms with van der Waals surface area (Å²) in [4.78, 5) is 19.3. The van der Waals surface area contributed by atoms with Gasteiger partial charge in [0, 0.05) is 45.7 Å². The number of carboxylic acids is 1. The highest BCUT2D eigenvalue weighted by Crippen LogP contribution is 2.48. The van der Waals surface area contributed by atoms with E-state index in [1.807, 2.05) is 28.7 Å². The molecule has 0 radical (unpaired) electrons. The van der Waals surface area contributed by atoms with E-state index < -0.39 is 5.97 Å². The van der Waals surface area contributed by atoms with Gasteiger partial charge in [-0.25, -0.2) is 4.79 Å². The Bertz CT molecular complexity index is 2520. The fourth-order valence-electron chi connectivity index (χ4n) is 8.25. The number of carbonyl (C=O) groups is 1. The first-order valence-electron chi connectivity index (χ1n) is 21.8. The quantitative estimate of drug-likeness (QED) is 0.0445. The largest absolute Gasteiger partial charge is 0.477 e. The minimum Gasteiger partial charge on any atom is -0.477 e. The molecule has 0 aliphatic carbocycles. The zero-order chi connectivity index (χ0) is 41.1. The van der Waals surface area contributed by atoms with Crippen LogP contribution in [0, 0.1) is 11.3 Å². The second-order valence-electron chi connectivity index (χ2n) is 15.8. The summed E-state index contributed by atoms with van der Waals surface area (Å²) in [5.74, 6) is -1.17. The predicted octanol–water partition coefficient (Wildman–Crippen LogP) is 16.3. The lowest BCUT2D eigenvalue weighted by atomic mass is 10.0. The Morgan fingerprint density at radius 1 is 0.610 bits per heavy atom. The van der Waals surface area contributed by atoms with E-state index in [2.05, 4.69) is 116 Å². The first kappa shape index (κ1) is 42.4. The number of aryl methyl sites for hydroxylation is 3. The van der Waals surface area contributed by atoms with E-state index in [1.54, 1.807) is 17.4 Å². The molecule has 0 saturated carbocycles. The average Bonchev–Trinajstić information content (AvgIpc) is 4.05.